The van der Waals surface area contributed by atoms with E-state index in [2.05, 4.69) is 13.1 Å². The SMILES string of the molecule is C[SiH2]CO[SiH2]C. The Hall–Kier alpha value is 0.394. The molecule has 0 aromatic carbocycles. The van der Waals surface area contributed by atoms with Crippen molar-refractivity contribution in [2.75, 3.05) is 6.23 Å². The summed E-state index contributed by atoms with van der Waals surface area (Å²) in [6, 6.07) is 0. The normalized spacial score (nSPS) is 13.0. The Labute approximate surface area is 43.9 Å². The molecule has 0 aliphatic rings. The summed E-state index contributed by atoms with van der Waals surface area (Å²) in [7, 11) is 0.153. The smallest absolute Gasteiger partial charge is 0.157 e. The molecular formula is C3H12OSi2. The van der Waals surface area contributed by atoms with E-state index in [0.29, 0.717) is 0 Å². The van der Waals surface area contributed by atoms with Crippen molar-refractivity contribution in [3.63, 3.8) is 0 Å². The molecule has 0 aromatic rings. The van der Waals surface area contributed by atoms with E-state index in [1.165, 1.54) is 0 Å². The molecule has 0 aliphatic heterocycles. The standard InChI is InChI=1S/C3H12OSi2/c1-5-3-4-6-2/h3,5-6H2,1-2H3. The van der Waals surface area contributed by atoms with E-state index >= 15 is 0 Å². The van der Waals surface area contributed by atoms with E-state index in [1.54, 1.807) is 0 Å². The Morgan fingerprint density at radius 2 is 2.17 bits per heavy atom. The summed E-state index contributed by atoms with van der Waals surface area (Å²) in [6.07, 6.45) is 1.11. The molecule has 0 heterocycles. The van der Waals surface area contributed by atoms with E-state index in [0.717, 1.165) is 6.23 Å². The average molecular weight is 120 g/mol. The van der Waals surface area contributed by atoms with Crippen LogP contribution in [0.1, 0.15) is 0 Å². The Morgan fingerprint density at radius 1 is 1.50 bits per heavy atom. The van der Waals surface area contributed by atoms with Gasteiger partial charge in [-0.25, -0.2) is 0 Å². The van der Waals surface area contributed by atoms with Crippen molar-refractivity contribution in [1.29, 1.82) is 0 Å². The zero-order valence-electron chi connectivity index (χ0n) is 4.53. The first-order chi connectivity index (χ1) is 2.91. The van der Waals surface area contributed by atoms with E-state index in [1.807, 2.05) is 0 Å². The molecule has 0 rings (SSSR count). The fourth-order valence-electron chi connectivity index (χ4n) is 0.289. The van der Waals surface area contributed by atoms with Crippen LogP contribution in [0.25, 0.3) is 0 Å². The second-order valence-corrected chi connectivity index (χ2v) is 3.59. The van der Waals surface area contributed by atoms with Crippen molar-refractivity contribution in [2.45, 2.75) is 13.1 Å². The quantitative estimate of drug-likeness (QED) is 0.354. The predicted molar refractivity (Wildman–Crippen MR) is 34.8 cm³/mol. The van der Waals surface area contributed by atoms with Gasteiger partial charge >= 0.3 is 0 Å². The minimum atomic E-state index is -0.0623. The maximum Gasteiger partial charge on any atom is 0.157 e. The highest BCUT2D eigenvalue weighted by Crippen LogP contribution is 1.63. The lowest BCUT2D eigenvalue weighted by atomic mass is 11.7. The topological polar surface area (TPSA) is 9.23 Å². The van der Waals surface area contributed by atoms with Crippen molar-refractivity contribution < 1.29 is 4.43 Å². The number of hydrogen-bond acceptors (Lipinski definition) is 1. The van der Waals surface area contributed by atoms with Gasteiger partial charge in [0.2, 0.25) is 0 Å². The van der Waals surface area contributed by atoms with E-state index < -0.39 is 0 Å². The minimum absolute atomic E-state index is 0.0623. The fourth-order valence-corrected chi connectivity index (χ4v) is 2.60. The van der Waals surface area contributed by atoms with Gasteiger partial charge in [0.15, 0.2) is 9.76 Å². The zero-order valence-corrected chi connectivity index (χ0v) is 7.36. The maximum absolute atomic E-state index is 5.18. The van der Waals surface area contributed by atoms with Crippen LogP contribution in [0.5, 0.6) is 0 Å². The zero-order chi connectivity index (χ0) is 4.83. The van der Waals surface area contributed by atoms with Crippen LogP contribution in [0.2, 0.25) is 13.1 Å². The molecule has 1 nitrogen and oxygen atoms in total. The molecule has 0 atom stereocenters. The highest BCUT2D eigenvalue weighted by molar-refractivity contribution is 6.35. The van der Waals surface area contributed by atoms with Gasteiger partial charge in [-0.1, -0.05) is 13.1 Å². The van der Waals surface area contributed by atoms with Gasteiger partial charge in [0.25, 0.3) is 0 Å². The lowest BCUT2D eigenvalue weighted by molar-refractivity contribution is 0.413. The van der Waals surface area contributed by atoms with Crippen LogP contribution < -0.4 is 0 Å². The molecule has 0 bridgehead atoms. The van der Waals surface area contributed by atoms with E-state index in [-0.39, 0.29) is 19.3 Å². The molecule has 0 aromatic heterocycles. The first-order valence-corrected chi connectivity index (χ1v) is 6.90. The lowest BCUT2D eigenvalue weighted by Gasteiger charge is -1.91. The largest absolute Gasteiger partial charge is 0.428 e. The Balaban J connectivity index is 2.34. The summed E-state index contributed by atoms with van der Waals surface area (Å²) in [5, 5.41) is 0. The van der Waals surface area contributed by atoms with Crippen LogP contribution >= 0.6 is 0 Å². The first kappa shape index (κ1) is 6.39. The molecule has 0 fully saturated rings. The molecule has 0 unspecified atom stereocenters. The van der Waals surface area contributed by atoms with Crippen LogP contribution in [0.3, 0.4) is 0 Å². The Bertz CT molecular complexity index is 20.8. The van der Waals surface area contributed by atoms with Gasteiger partial charge in [-0.15, -0.1) is 0 Å². The predicted octanol–water partition coefficient (Wildman–Crippen LogP) is -0.691. The van der Waals surface area contributed by atoms with Crippen molar-refractivity contribution in [3.05, 3.63) is 0 Å². The van der Waals surface area contributed by atoms with E-state index in [9.17, 15) is 0 Å². The summed E-state index contributed by atoms with van der Waals surface area (Å²) < 4.78 is 5.18. The van der Waals surface area contributed by atoms with Gasteiger partial charge in [0.1, 0.15) is 0 Å². The summed E-state index contributed by atoms with van der Waals surface area (Å²) in [5.74, 6) is 0. The van der Waals surface area contributed by atoms with Gasteiger partial charge in [-0.3, -0.25) is 0 Å². The molecule has 0 N–H and O–H groups in total. The monoisotopic (exact) mass is 120 g/mol. The van der Waals surface area contributed by atoms with Gasteiger partial charge in [-0.05, 0) is 0 Å². The van der Waals surface area contributed by atoms with Gasteiger partial charge in [0.05, 0.1) is 0 Å². The summed E-state index contributed by atoms with van der Waals surface area (Å²) in [6.45, 7) is 4.44. The Morgan fingerprint density at radius 3 is 2.33 bits per heavy atom. The molecule has 0 saturated carbocycles. The second-order valence-electron chi connectivity index (χ2n) is 1.20. The highest BCUT2D eigenvalue weighted by Gasteiger charge is 1.74. The molecule has 0 aliphatic carbocycles. The third kappa shape index (κ3) is 4.39. The van der Waals surface area contributed by atoms with Crippen LogP contribution in [0.4, 0.5) is 0 Å². The Kier molecular flexibility index (Phi) is 5.75. The highest BCUT2D eigenvalue weighted by atomic mass is 28.2. The number of rotatable bonds is 3. The van der Waals surface area contributed by atoms with Gasteiger partial charge in [-0.2, -0.15) is 0 Å². The third-order valence-corrected chi connectivity index (χ3v) is 2.52. The van der Waals surface area contributed by atoms with Crippen LogP contribution in [0.15, 0.2) is 0 Å². The van der Waals surface area contributed by atoms with Crippen LogP contribution in [-0.2, 0) is 4.43 Å². The minimum Gasteiger partial charge on any atom is -0.428 e. The molecule has 0 amide bonds. The molecular weight excluding hydrogens is 108 g/mol. The lowest BCUT2D eigenvalue weighted by Crippen LogP contribution is -2.00. The second kappa shape index (κ2) is 5.39. The number of hydrogen-bond donors (Lipinski definition) is 0. The molecule has 0 spiro atoms. The molecule has 38 valence electrons. The fraction of sp³-hybridized carbons (Fsp3) is 1.00. The van der Waals surface area contributed by atoms with Crippen molar-refractivity contribution in [3.8, 4) is 0 Å². The average Bonchev–Trinajstić information content (AvgIpc) is 1.61. The van der Waals surface area contributed by atoms with Crippen molar-refractivity contribution in [2.24, 2.45) is 0 Å². The summed E-state index contributed by atoms with van der Waals surface area (Å²) >= 11 is 0. The van der Waals surface area contributed by atoms with Crippen LogP contribution in [-0.4, -0.2) is 25.5 Å². The first-order valence-electron chi connectivity index (χ1n) is 2.49. The van der Waals surface area contributed by atoms with Crippen LogP contribution in [0, 0.1) is 0 Å². The van der Waals surface area contributed by atoms with Crippen molar-refractivity contribution >= 4 is 19.3 Å². The molecule has 0 saturated heterocycles. The van der Waals surface area contributed by atoms with Crippen molar-refractivity contribution in [1.82, 2.24) is 0 Å². The van der Waals surface area contributed by atoms with Gasteiger partial charge < -0.3 is 4.43 Å². The maximum atomic E-state index is 5.18. The van der Waals surface area contributed by atoms with Gasteiger partial charge in [0, 0.05) is 15.7 Å². The summed E-state index contributed by atoms with van der Waals surface area (Å²) in [5.41, 5.74) is 0. The van der Waals surface area contributed by atoms with E-state index in [4.69, 9.17) is 4.43 Å². The molecule has 0 radical (unpaired) electrons. The molecule has 3 heteroatoms. The molecule has 6 heavy (non-hydrogen) atoms. The third-order valence-electron chi connectivity index (χ3n) is 0.553. The summed E-state index contributed by atoms with van der Waals surface area (Å²) in [4.78, 5) is 0.